The smallest absolute Gasteiger partial charge is 0.320 e. The van der Waals surface area contributed by atoms with Crippen LogP contribution < -0.4 is 11.5 Å². The van der Waals surface area contributed by atoms with E-state index >= 15 is 0 Å². The van der Waals surface area contributed by atoms with Gasteiger partial charge in [0.25, 0.3) is 0 Å². The van der Waals surface area contributed by atoms with Crippen molar-refractivity contribution in [3.05, 3.63) is 6.42 Å². The summed E-state index contributed by atoms with van der Waals surface area (Å²) in [6, 6.07) is -0.747. The van der Waals surface area contributed by atoms with Gasteiger partial charge in [-0.15, -0.1) is 0 Å². The molecule has 0 fully saturated rings. The van der Waals surface area contributed by atoms with Gasteiger partial charge in [-0.25, -0.2) is 0 Å². The van der Waals surface area contributed by atoms with Crippen LogP contribution in [0.5, 0.6) is 0 Å². The molecule has 1 unspecified atom stereocenters. The molecule has 0 aliphatic carbocycles. The highest BCUT2D eigenvalue weighted by molar-refractivity contribution is 5.72. The van der Waals surface area contributed by atoms with Gasteiger partial charge in [-0.1, -0.05) is 0 Å². The van der Waals surface area contributed by atoms with Gasteiger partial charge in [-0.2, -0.15) is 0 Å². The largest absolute Gasteiger partial charge is 0.480 e. The number of rotatable bonds is 5. The van der Waals surface area contributed by atoms with Gasteiger partial charge in [0.05, 0.1) is 0 Å². The topological polar surface area (TPSA) is 89.3 Å². The van der Waals surface area contributed by atoms with E-state index in [2.05, 4.69) is 0 Å². The predicted octanol–water partition coefficient (Wildman–Crippen LogP) is -0.659. The highest BCUT2D eigenvalue weighted by Crippen LogP contribution is 1.96. The lowest BCUT2D eigenvalue weighted by atomic mass is 10.1. The summed E-state index contributed by atoms with van der Waals surface area (Å²) in [5.41, 5.74) is 10.3. The zero-order valence-corrected chi connectivity index (χ0v) is 5.79. The van der Waals surface area contributed by atoms with Gasteiger partial charge < -0.3 is 16.6 Å². The van der Waals surface area contributed by atoms with Crippen LogP contribution in [0.2, 0.25) is 0 Å². The van der Waals surface area contributed by atoms with Crippen molar-refractivity contribution < 1.29 is 9.90 Å². The van der Waals surface area contributed by atoms with E-state index in [1.54, 1.807) is 0 Å². The summed E-state index contributed by atoms with van der Waals surface area (Å²) in [6.07, 6.45) is 2.94. The van der Waals surface area contributed by atoms with Crippen molar-refractivity contribution in [1.29, 1.82) is 0 Å². The Bertz CT molecular complexity index is 106. The summed E-state index contributed by atoms with van der Waals surface area (Å²) >= 11 is 0. The summed E-state index contributed by atoms with van der Waals surface area (Å²) in [6.45, 7) is 0.479. The molecular weight excluding hydrogens is 132 g/mol. The number of hydrogen-bond donors (Lipinski definition) is 3. The van der Waals surface area contributed by atoms with E-state index in [-0.39, 0.29) is 0 Å². The van der Waals surface area contributed by atoms with E-state index in [9.17, 15) is 4.79 Å². The molecule has 0 aromatic rings. The van der Waals surface area contributed by atoms with Crippen LogP contribution in [0.1, 0.15) is 12.8 Å². The lowest BCUT2D eigenvalue weighted by Crippen LogP contribution is -2.29. The number of unbranched alkanes of at least 4 members (excludes halogenated alkanes) is 1. The second-order valence-corrected chi connectivity index (χ2v) is 2.05. The summed E-state index contributed by atoms with van der Waals surface area (Å²) in [5, 5.41) is 8.31. The third kappa shape index (κ3) is 4.29. The molecule has 0 saturated heterocycles. The number of carbonyl (C=O) groups is 1. The molecule has 10 heavy (non-hydrogen) atoms. The molecule has 1 atom stereocenters. The van der Waals surface area contributed by atoms with Crippen LogP contribution in [0.15, 0.2) is 0 Å². The minimum absolute atomic E-state index is 0.465. The average Bonchev–Trinajstić information content (AvgIpc) is 1.88. The Morgan fingerprint density at radius 1 is 1.70 bits per heavy atom. The zero-order valence-electron chi connectivity index (χ0n) is 5.79. The molecule has 1 radical (unpaired) electrons. The fraction of sp³-hybridized carbons (Fsp3) is 0.667. The molecule has 0 spiro atoms. The summed E-state index contributed by atoms with van der Waals surface area (Å²) in [4.78, 5) is 10.1. The first-order valence-electron chi connectivity index (χ1n) is 3.18. The third-order valence-corrected chi connectivity index (χ3v) is 1.17. The number of aliphatic carboxylic acids is 1. The van der Waals surface area contributed by atoms with Crippen molar-refractivity contribution in [3.8, 4) is 0 Å². The molecule has 5 N–H and O–H groups in total. The Balaban J connectivity index is 3.21. The quantitative estimate of drug-likeness (QED) is 0.448. The maximum atomic E-state index is 10.1. The number of hydrogen-bond acceptors (Lipinski definition) is 3. The molecule has 0 rings (SSSR count). The Hall–Kier alpha value is -0.610. The summed E-state index contributed by atoms with van der Waals surface area (Å²) < 4.78 is 0. The van der Waals surface area contributed by atoms with Crippen LogP contribution in [0.3, 0.4) is 0 Å². The predicted molar refractivity (Wildman–Crippen MR) is 38.2 cm³/mol. The highest BCUT2D eigenvalue weighted by Gasteiger charge is 2.09. The molecule has 4 heteroatoms. The van der Waals surface area contributed by atoms with Gasteiger partial charge in [0.15, 0.2) is 0 Å². The molecule has 0 bridgehead atoms. The lowest BCUT2D eigenvalue weighted by Gasteiger charge is -2.03. The molecule has 59 valence electrons. The van der Waals surface area contributed by atoms with Gasteiger partial charge in [0.2, 0.25) is 0 Å². The number of carboxylic acid groups (broad SMARTS) is 1. The first kappa shape index (κ1) is 9.39. The van der Waals surface area contributed by atoms with Gasteiger partial charge in [0.1, 0.15) is 6.04 Å². The average molecular weight is 145 g/mol. The summed E-state index contributed by atoms with van der Waals surface area (Å²) in [7, 11) is 0. The maximum absolute atomic E-state index is 10.1. The van der Waals surface area contributed by atoms with E-state index in [0.717, 1.165) is 0 Å². The van der Waals surface area contributed by atoms with Crippen molar-refractivity contribution in [2.24, 2.45) is 11.5 Å². The molecular formula is C6H13N2O2. The molecule has 0 aliphatic rings. The Labute approximate surface area is 60.2 Å². The standard InChI is InChI=1S/C6H13N2O2/c7-4-2-1-3-5(8)6(9)10/h2,5H,1,3-4,7-8H2,(H,9,10). The monoisotopic (exact) mass is 145 g/mol. The van der Waals surface area contributed by atoms with Gasteiger partial charge in [0, 0.05) is 0 Å². The van der Waals surface area contributed by atoms with E-state index in [1.807, 2.05) is 6.42 Å². The maximum Gasteiger partial charge on any atom is 0.320 e. The third-order valence-electron chi connectivity index (χ3n) is 1.17. The van der Waals surface area contributed by atoms with Crippen molar-refractivity contribution in [3.63, 3.8) is 0 Å². The van der Waals surface area contributed by atoms with Crippen molar-refractivity contribution in [1.82, 2.24) is 0 Å². The SMILES string of the molecule is NC[CH]CCC(N)C(=O)O. The molecule has 0 aromatic carbocycles. The Kier molecular flexibility index (Phi) is 4.88. The van der Waals surface area contributed by atoms with Gasteiger partial charge in [-0.3, -0.25) is 4.79 Å². The van der Waals surface area contributed by atoms with Gasteiger partial charge in [-0.05, 0) is 25.8 Å². The lowest BCUT2D eigenvalue weighted by molar-refractivity contribution is -0.138. The van der Waals surface area contributed by atoms with Crippen LogP contribution in [0.25, 0.3) is 0 Å². The normalized spacial score (nSPS) is 13.0. The first-order chi connectivity index (χ1) is 4.68. The zero-order chi connectivity index (χ0) is 7.98. The minimum atomic E-state index is -0.953. The minimum Gasteiger partial charge on any atom is -0.480 e. The van der Waals surface area contributed by atoms with Gasteiger partial charge >= 0.3 is 5.97 Å². The summed E-state index contributed by atoms with van der Waals surface area (Å²) in [5.74, 6) is -0.953. The number of nitrogens with two attached hydrogens (primary N) is 2. The molecule has 0 aliphatic heterocycles. The van der Waals surface area contributed by atoms with E-state index < -0.39 is 12.0 Å². The van der Waals surface area contributed by atoms with Crippen molar-refractivity contribution in [2.45, 2.75) is 18.9 Å². The second kappa shape index (κ2) is 5.20. The number of carboxylic acids is 1. The Morgan fingerprint density at radius 2 is 2.30 bits per heavy atom. The fourth-order valence-corrected chi connectivity index (χ4v) is 0.539. The van der Waals surface area contributed by atoms with E-state index in [1.165, 1.54) is 0 Å². The molecule has 0 aromatic heterocycles. The van der Waals surface area contributed by atoms with E-state index in [0.29, 0.717) is 19.4 Å². The van der Waals surface area contributed by atoms with E-state index in [4.69, 9.17) is 16.6 Å². The molecule has 0 amide bonds. The van der Waals surface area contributed by atoms with Crippen LogP contribution in [-0.2, 0) is 4.79 Å². The highest BCUT2D eigenvalue weighted by atomic mass is 16.4. The first-order valence-corrected chi connectivity index (χ1v) is 3.18. The molecule has 0 heterocycles. The fourth-order valence-electron chi connectivity index (χ4n) is 0.539. The molecule has 4 nitrogen and oxygen atoms in total. The van der Waals surface area contributed by atoms with Crippen LogP contribution in [-0.4, -0.2) is 23.7 Å². The second-order valence-electron chi connectivity index (χ2n) is 2.05. The van der Waals surface area contributed by atoms with Crippen LogP contribution in [0, 0.1) is 6.42 Å². The van der Waals surface area contributed by atoms with Crippen molar-refractivity contribution >= 4 is 5.97 Å². The Morgan fingerprint density at radius 3 is 2.70 bits per heavy atom. The van der Waals surface area contributed by atoms with Crippen molar-refractivity contribution in [2.75, 3.05) is 6.54 Å². The van der Waals surface area contributed by atoms with Crippen LogP contribution in [0.4, 0.5) is 0 Å². The molecule has 0 saturated carbocycles. The van der Waals surface area contributed by atoms with Crippen LogP contribution >= 0.6 is 0 Å².